The maximum Gasteiger partial charge on any atom is 0.258 e. The Labute approximate surface area is 163 Å². The van der Waals surface area contributed by atoms with Crippen molar-refractivity contribution in [1.29, 1.82) is 0 Å². The number of anilines is 1. The molecule has 0 unspecified atom stereocenters. The average Bonchev–Trinajstić information content (AvgIpc) is 2.63. The van der Waals surface area contributed by atoms with Crippen LogP contribution in [0.15, 0.2) is 53.5 Å². The number of hydrogen-bond donors (Lipinski definition) is 1. The third-order valence-corrected chi connectivity index (χ3v) is 4.75. The highest BCUT2D eigenvalue weighted by Crippen LogP contribution is 2.23. The van der Waals surface area contributed by atoms with E-state index in [2.05, 4.69) is 5.32 Å². The monoisotopic (exact) mass is 383 g/mol. The first-order chi connectivity index (χ1) is 12.9. The van der Waals surface area contributed by atoms with E-state index in [1.165, 1.54) is 0 Å². The maximum atomic E-state index is 12.8. The highest BCUT2D eigenvalue weighted by atomic mass is 35.5. The predicted octanol–water partition coefficient (Wildman–Crippen LogP) is 3.78. The highest BCUT2D eigenvalue weighted by molar-refractivity contribution is 6.34. The molecule has 0 aliphatic rings. The zero-order valence-corrected chi connectivity index (χ0v) is 16.4. The number of likely N-dealkylation sites (N-methyl/N-ethyl adjacent to an activating group) is 1. The van der Waals surface area contributed by atoms with Crippen LogP contribution in [0.25, 0.3) is 10.8 Å². The molecule has 6 heteroatoms. The molecule has 0 saturated heterocycles. The minimum Gasteiger partial charge on any atom is -0.321 e. The second kappa shape index (κ2) is 7.94. The largest absolute Gasteiger partial charge is 0.321 e. The quantitative estimate of drug-likeness (QED) is 0.729. The smallest absolute Gasteiger partial charge is 0.258 e. The van der Waals surface area contributed by atoms with E-state index in [4.69, 9.17) is 11.6 Å². The number of hydrogen-bond acceptors (Lipinski definition) is 3. The van der Waals surface area contributed by atoms with E-state index in [1.807, 2.05) is 38.1 Å². The van der Waals surface area contributed by atoms with Gasteiger partial charge in [-0.15, -0.1) is 0 Å². The van der Waals surface area contributed by atoms with Gasteiger partial charge in [-0.1, -0.05) is 29.3 Å². The molecule has 5 nitrogen and oxygen atoms in total. The SMILES string of the molecule is Cc1ccc(Cl)c(C(=O)Nc2cccc3c(=O)n(CCN(C)C)ccc23)c1. The molecule has 1 aromatic heterocycles. The number of pyridine rings is 1. The van der Waals surface area contributed by atoms with Gasteiger partial charge in [-0.05, 0) is 51.4 Å². The topological polar surface area (TPSA) is 54.3 Å². The fourth-order valence-corrected chi connectivity index (χ4v) is 3.12. The second-order valence-corrected chi connectivity index (χ2v) is 7.23. The molecule has 0 spiro atoms. The number of fused-ring (bicyclic) bond motifs is 1. The van der Waals surface area contributed by atoms with Crippen LogP contribution in [0.3, 0.4) is 0 Å². The summed E-state index contributed by atoms with van der Waals surface area (Å²) in [6.45, 7) is 3.28. The first-order valence-corrected chi connectivity index (χ1v) is 9.09. The fraction of sp³-hybridized carbons (Fsp3) is 0.238. The number of benzene rings is 2. The van der Waals surface area contributed by atoms with E-state index in [-0.39, 0.29) is 11.5 Å². The van der Waals surface area contributed by atoms with Crippen molar-refractivity contribution in [3.63, 3.8) is 0 Å². The third kappa shape index (κ3) is 4.21. The van der Waals surface area contributed by atoms with Gasteiger partial charge in [0.25, 0.3) is 11.5 Å². The first kappa shape index (κ1) is 19.1. The fourth-order valence-electron chi connectivity index (χ4n) is 2.91. The molecule has 3 rings (SSSR count). The van der Waals surface area contributed by atoms with Crippen LogP contribution in [0.5, 0.6) is 0 Å². The number of halogens is 1. The first-order valence-electron chi connectivity index (χ1n) is 8.71. The Balaban J connectivity index is 1.96. The van der Waals surface area contributed by atoms with Gasteiger partial charge in [0.1, 0.15) is 0 Å². The van der Waals surface area contributed by atoms with Crippen LogP contribution in [0, 0.1) is 6.92 Å². The van der Waals surface area contributed by atoms with Crippen LogP contribution in [-0.4, -0.2) is 36.0 Å². The number of carbonyl (C=O) groups excluding carboxylic acids is 1. The number of aromatic nitrogens is 1. The molecule has 0 atom stereocenters. The molecule has 0 fully saturated rings. The van der Waals surface area contributed by atoms with Gasteiger partial charge in [-0.25, -0.2) is 0 Å². The van der Waals surface area contributed by atoms with Crippen LogP contribution in [0.1, 0.15) is 15.9 Å². The molecule has 1 heterocycles. The standard InChI is InChI=1S/C21H22ClN3O2/c1-14-7-8-18(22)17(13-14)20(26)23-19-6-4-5-16-15(19)9-10-25(21(16)27)12-11-24(2)3/h4-10,13H,11-12H2,1-3H3,(H,23,26). The normalized spacial score (nSPS) is 11.1. The molecule has 0 saturated carbocycles. The Morgan fingerprint density at radius 1 is 1.15 bits per heavy atom. The zero-order chi connectivity index (χ0) is 19.6. The van der Waals surface area contributed by atoms with Crippen LogP contribution in [0.4, 0.5) is 5.69 Å². The van der Waals surface area contributed by atoms with Gasteiger partial charge in [0.15, 0.2) is 0 Å². The average molecular weight is 384 g/mol. The van der Waals surface area contributed by atoms with Crippen molar-refractivity contribution in [2.45, 2.75) is 13.5 Å². The summed E-state index contributed by atoms with van der Waals surface area (Å²) in [7, 11) is 3.94. The number of rotatable bonds is 5. The van der Waals surface area contributed by atoms with Crippen LogP contribution < -0.4 is 10.9 Å². The number of nitrogens with one attached hydrogen (secondary N) is 1. The Bertz CT molecular complexity index is 1060. The molecule has 1 N–H and O–H groups in total. The van der Waals surface area contributed by atoms with Crippen molar-refractivity contribution in [3.05, 3.63) is 75.2 Å². The molecule has 1 amide bonds. The lowest BCUT2D eigenvalue weighted by Gasteiger charge is -2.14. The van der Waals surface area contributed by atoms with E-state index in [1.54, 1.807) is 41.1 Å². The highest BCUT2D eigenvalue weighted by Gasteiger charge is 2.13. The van der Waals surface area contributed by atoms with Gasteiger partial charge in [0.2, 0.25) is 0 Å². The Kier molecular flexibility index (Phi) is 5.63. The molecule has 2 aromatic carbocycles. The van der Waals surface area contributed by atoms with Crippen LogP contribution in [-0.2, 0) is 6.54 Å². The molecule has 0 bridgehead atoms. The van der Waals surface area contributed by atoms with E-state index in [0.29, 0.717) is 33.6 Å². The molecular formula is C21H22ClN3O2. The van der Waals surface area contributed by atoms with Gasteiger partial charge in [-0.3, -0.25) is 9.59 Å². The predicted molar refractivity (Wildman–Crippen MR) is 111 cm³/mol. The van der Waals surface area contributed by atoms with Gasteiger partial charge in [-0.2, -0.15) is 0 Å². The lowest BCUT2D eigenvalue weighted by atomic mass is 10.1. The molecular weight excluding hydrogens is 362 g/mol. The molecule has 3 aromatic rings. The summed E-state index contributed by atoms with van der Waals surface area (Å²) in [4.78, 5) is 27.5. The summed E-state index contributed by atoms with van der Waals surface area (Å²) < 4.78 is 1.69. The lowest BCUT2D eigenvalue weighted by molar-refractivity contribution is 0.102. The number of carbonyl (C=O) groups is 1. The van der Waals surface area contributed by atoms with Crippen molar-refractivity contribution in [2.24, 2.45) is 0 Å². The molecule has 140 valence electrons. The van der Waals surface area contributed by atoms with Crippen LogP contribution in [0.2, 0.25) is 5.02 Å². The lowest BCUT2D eigenvalue weighted by Crippen LogP contribution is -2.26. The van der Waals surface area contributed by atoms with Crippen LogP contribution >= 0.6 is 11.6 Å². The van der Waals surface area contributed by atoms with E-state index in [9.17, 15) is 9.59 Å². The summed E-state index contributed by atoms with van der Waals surface area (Å²) in [5.74, 6) is -0.298. The summed E-state index contributed by atoms with van der Waals surface area (Å²) in [5.41, 5.74) is 1.88. The summed E-state index contributed by atoms with van der Waals surface area (Å²) >= 11 is 6.16. The Morgan fingerprint density at radius 2 is 1.93 bits per heavy atom. The summed E-state index contributed by atoms with van der Waals surface area (Å²) in [6.07, 6.45) is 1.77. The number of aryl methyl sites for hydroxylation is 1. The molecule has 0 aliphatic heterocycles. The van der Waals surface area contributed by atoms with Gasteiger partial charge >= 0.3 is 0 Å². The Hall–Kier alpha value is -2.63. The number of nitrogens with zero attached hydrogens (tertiary/aromatic N) is 2. The summed E-state index contributed by atoms with van der Waals surface area (Å²) in [5, 5.41) is 4.56. The molecule has 0 aliphatic carbocycles. The van der Waals surface area contributed by atoms with Gasteiger partial charge in [0, 0.05) is 35.7 Å². The van der Waals surface area contributed by atoms with E-state index >= 15 is 0 Å². The summed E-state index contributed by atoms with van der Waals surface area (Å²) in [6, 6.07) is 12.5. The van der Waals surface area contributed by atoms with Crippen molar-refractivity contribution in [3.8, 4) is 0 Å². The van der Waals surface area contributed by atoms with Gasteiger partial charge in [0.05, 0.1) is 10.6 Å². The Morgan fingerprint density at radius 3 is 2.67 bits per heavy atom. The minimum absolute atomic E-state index is 0.0703. The molecule has 27 heavy (non-hydrogen) atoms. The second-order valence-electron chi connectivity index (χ2n) is 6.82. The zero-order valence-electron chi connectivity index (χ0n) is 15.6. The van der Waals surface area contributed by atoms with Crippen molar-refractivity contribution < 1.29 is 4.79 Å². The maximum absolute atomic E-state index is 12.8. The van der Waals surface area contributed by atoms with E-state index < -0.39 is 0 Å². The van der Waals surface area contributed by atoms with Crippen molar-refractivity contribution >= 4 is 34.0 Å². The van der Waals surface area contributed by atoms with Crippen molar-refractivity contribution in [2.75, 3.05) is 26.0 Å². The van der Waals surface area contributed by atoms with Gasteiger partial charge < -0.3 is 14.8 Å². The molecule has 0 radical (unpaired) electrons. The van der Waals surface area contributed by atoms with E-state index in [0.717, 1.165) is 12.1 Å². The van der Waals surface area contributed by atoms with Crippen molar-refractivity contribution in [1.82, 2.24) is 9.47 Å². The number of amides is 1. The third-order valence-electron chi connectivity index (χ3n) is 4.42. The minimum atomic E-state index is -0.298.